The van der Waals surface area contributed by atoms with Gasteiger partial charge in [0.1, 0.15) is 5.82 Å². The van der Waals surface area contributed by atoms with Crippen molar-refractivity contribution in [3.63, 3.8) is 0 Å². The molecule has 1 fully saturated rings. The molecule has 1 N–H and O–H groups in total. The Labute approximate surface area is 114 Å². The average molecular weight is 264 g/mol. The molecule has 1 aromatic heterocycles. The maximum Gasteiger partial charge on any atom is 0.155 e. The first kappa shape index (κ1) is 13.1. The van der Waals surface area contributed by atoms with Gasteiger partial charge in [-0.1, -0.05) is 0 Å². The number of hydrogen-bond acceptors (Lipinski definition) is 4. The van der Waals surface area contributed by atoms with E-state index in [4.69, 9.17) is 10.1 Å². The van der Waals surface area contributed by atoms with Crippen LogP contribution in [0, 0.1) is 5.92 Å². The number of rotatable bonds is 3. The van der Waals surface area contributed by atoms with Crippen LogP contribution in [0.1, 0.15) is 44.3 Å². The van der Waals surface area contributed by atoms with Crippen LogP contribution in [0.25, 0.3) is 0 Å². The molecule has 3 heterocycles. The van der Waals surface area contributed by atoms with Gasteiger partial charge >= 0.3 is 0 Å². The van der Waals surface area contributed by atoms with Crippen molar-refractivity contribution in [2.24, 2.45) is 5.92 Å². The number of likely N-dealkylation sites (tertiary alicyclic amines) is 1. The molecule has 0 radical (unpaired) electrons. The van der Waals surface area contributed by atoms with Crippen molar-refractivity contribution in [1.82, 2.24) is 19.7 Å². The Morgan fingerprint density at radius 1 is 1.32 bits per heavy atom. The lowest BCUT2D eigenvalue weighted by Gasteiger charge is -2.19. The van der Waals surface area contributed by atoms with Gasteiger partial charge in [0.25, 0.3) is 0 Å². The fourth-order valence-electron chi connectivity index (χ4n) is 3.18. The minimum absolute atomic E-state index is 0.271. The van der Waals surface area contributed by atoms with Crippen LogP contribution in [-0.4, -0.2) is 50.5 Å². The molecule has 0 spiro atoms. The number of fused-ring (bicyclic) bond motifs is 1. The van der Waals surface area contributed by atoms with Gasteiger partial charge in [-0.2, -0.15) is 5.10 Å². The molecule has 0 amide bonds. The van der Waals surface area contributed by atoms with Crippen LogP contribution in [0.15, 0.2) is 0 Å². The molecular weight excluding hydrogens is 240 g/mol. The highest BCUT2D eigenvalue weighted by atomic mass is 16.3. The van der Waals surface area contributed by atoms with E-state index in [0.29, 0.717) is 17.9 Å². The summed E-state index contributed by atoms with van der Waals surface area (Å²) in [5, 5.41) is 14.0. The van der Waals surface area contributed by atoms with E-state index in [-0.39, 0.29) is 6.61 Å². The first-order chi connectivity index (χ1) is 9.17. The molecular formula is C14H24N4O. The first-order valence-corrected chi connectivity index (χ1v) is 7.46. The molecule has 3 rings (SSSR count). The van der Waals surface area contributed by atoms with Crippen LogP contribution in [0.2, 0.25) is 0 Å². The highest BCUT2D eigenvalue weighted by molar-refractivity contribution is 5.05. The number of aliphatic hydroxyl groups excluding tert-OH is 1. The molecule has 1 saturated heterocycles. The molecule has 0 saturated carbocycles. The standard InChI is InChI=1S/C14H24N4O/c1-10(2)17-5-4-12(8-17)14-15-13-7-11(9-19)3-6-18(13)16-14/h10-12,19H,3-9H2,1-2H3. The van der Waals surface area contributed by atoms with Crippen LogP contribution < -0.4 is 0 Å². The van der Waals surface area contributed by atoms with Crippen molar-refractivity contribution in [1.29, 1.82) is 0 Å². The van der Waals surface area contributed by atoms with Crippen molar-refractivity contribution >= 4 is 0 Å². The summed E-state index contributed by atoms with van der Waals surface area (Å²) in [7, 11) is 0. The molecule has 2 aliphatic rings. The SMILES string of the molecule is CC(C)N1CCC(c2nc3n(n2)CCC(CO)C3)C1. The van der Waals surface area contributed by atoms with Gasteiger partial charge < -0.3 is 10.0 Å². The summed E-state index contributed by atoms with van der Waals surface area (Å²) in [5.41, 5.74) is 0. The second-order valence-corrected chi connectivity index (χ2v) is 6.23. The van der Waals surface area contributed by atoms with E-state index in [1.54, 1.807) is 0 Å². The summed E-state index contributed by atoms with van der Waals surface area (Å²) in [4.78, 5) is 7.24. The number of hydrogen-bond donors (Lipinski definition) is 1. The Morgan fingerprint density at radius 3 is 2.84 bits per heavy atom. The lowest BCUT2D eigenvalue weighted by atomic mass is 9.99. The minimum atomic E-state index is 0.271. The molecule has 0 aromatic carbocycles. The van der Waals surface area contributed by atoms with E-state index in [0.717, 1.165) is 44.1 Å². The minimum Gasteiger partial charge on any atom is -0.396 e. The zero-order chi connectivity index (χ0) is 13.4. The third-order valence-corrected chi connectivity index (χ3v) is 4.56. The summed E-state index contributed by atoms with van der Waals surface area (Å²) in [6, 6.07) is 0.612. The lowest BCUT2D eigenvalue weighted by molar-refractivity contribution is 0.196. The van der Waals surface area contributed by atoms with Gasteiger partial charge in [-0.3, -0.25) is 0 Å². The summed E-state index contributed by atoms with van der Waals surface area (Å²) in [5.74, 6) is 2.97. The summed E-state index contributed by atoms with van der Waals surface area (Å²) in [6.07, 6.45) is 3.07. The molecule has 5 heteroatoms. The normalized spacial score (nSPS) is 28.0. The Hall–Kier alpha value is -0.940. The van der Waals surface area contributed by atoms with E-state index in [1.165, 1.54) is 6.42 Å². The number of aryl methyl sites for hydroxylation is 1. The van der Waals surface area contributed by atoms with E-state index in [1.807, 2.05) is 0 Å². The quantitative estimate of drug-likeness (QED) is 0.886. The maximum atomic E-state index is 9.27. The monoisotopic (exact) mass is 264 g/mol. The predicted octanol–water partition coefficient (Wildman–Crippen LogP) is 1.03. The van der Waals surface area contributed by atoms with Crippen LogP contribution in [-0.2, 0) is 13.0 Å². The highest BCUT2D eigenvalue weighted by Crippen LogP contribution is 2.28. The summed E-state index contributed by atoms with van der Waals surface area (Å²) in [6.45, 7) is 7.93. The van der Waals surface area contributed by atoms with Gasteiger partial charge in [-0.05, 0) is 39.2 Å². The third kappa shape index (κ3) is 2.54. The van der Waals surface area contributed by atoms with Gasteiger partial charge in [-0.25, -0.2) is 9.67 Å². The van der Waals surface area contributed by atoms with E-state index < -0.39 is 0 Å². The Balaban J connectivity index is 1.72. The fourth-order valence-corrected chi connectivity index (χ4v) is 3.18. The van der Waals surface area contributed by atoms with E-state index in [9.17, 15) is 5.11 Å². The van der Waals surface area contributed by atoms with Gasteiger partial charge in [0.05, 0.1) is 0 Å². The molecule has 2 atom stereocenters. The smallest absolute Gasteiger partial charge is 0.155 e. The fraction of sp³-hybridized carbons (Fsp3) is 0.857. The molecule has 5 nitrogen and oxygen atoms in total. The van der Waals surface area contributed by atoms with Gasteiger partial charge in [0.15, 0.2) is 5.82 Å². The number of aliphatic hydroxyl groups is 1. The zero-order valence-electron chi connectivity index (χ0n) is 11.9. The van der Waals surface area contributed by atoms with Crippen molar-refractivity contribution in [3.8, 4) is 0 Å². The molecule has 19 heavy (non-hydrogen) atoms. The largest absolute Gasteiger partial charge is 0.396 e. The van der Waals surface area contributed by atoms with Crippen molar-refractivity contribution < 1.29 is 5.11 Å². The molecule has 2 aliphatic heterocycles. The maximum absolute atomic E-state index is 9.27. The lowest BCUT2D eigenvalue weighted by Crippen LogP contribution is -2.28. The third-order valence-electron chi connectivity index (χ3n) is 4.56. The van der Waals surface area contributed by atoms with Crippen molar-refractivity contribution in [3.05, 3.63) is 11.6 Å². The van der Waals surface area contributed by atoms with Crippen LogP contribution in [0.5, 0.6) is 0 Å². The van der Waals surface area contributed by atoms with Crippen LogP contribution >= 0.6 is 0 Å². The number of nitrogens with zero attached hydrogens (tertiary/aromatic N) is 4. The molecule has 106 valence electrons. The molecule has 1 aromatic rings. The Morgan fingerprint density at radius 2 is 2.16 bits per heavy atom. The van der Waals surface area contributed by atoms with Gasteiger partial charge in [-0.15, -0.1) is 0 Å². The van der Waals surface area contributed by atoms with Gasteiger partial charge in [0.2, 0.25) is 0 Å². The second kappa shape index (κ2) is 5.21. The van der Waals surface area contributed by atoms with E-state index >= 15 is 0 Å². The van der Waals surface area contributed by atoms with Gasteiger partial charge in [0, 0.05) is 38.1 Å². The Bertz CT molecular complexity index is 443. The molecule has 0 aliphatic carbocycles. The summed E-state index contributed by atoms with van der Waals surface area (Å²) < 4.78 is 2.06. The summed E-state index contributed by atoms with van der Waals surface area (Å²) >= 11 is 0. The molecule has 0 bridgehead atoms. The number of aromatic nitrogens is 3. The topological polar surface area (TPSA) is 54.2 Å². The first-order valence-electron chi connectivity index (χ1n) is 7.46. The van der Waals surface area contributed by atoms with E-state index in [2.05, 4.69) is 23.4 Å². The highest BCUT2D eigenvalue weighted by Gasteiger charge is 2.30. The average Bonchev–Trinajstić information content (AvgIpc) is 3.04. The van der Waals surface area contributed by atoms with Crippen LogP contribution in [0.4, 0.5) is 0 Å². The molecule has 2 unspecified atom stereocenters. The van der Waals surface area contributed by atoms with Crippen molar-refractivity contribution in [2.75, 3.05) is 19.7 Å². The predicted molar refractivity (Wildman–Crippen MR) is 73.0 cm³/mol. The van der Waals surface area contributed by atoms with Crippen molar-refractivity contribution in [2.45, 2.75) is 51.6 Å². The Kier molecular flexibility index (Phi) is 3.58. The second-order valence-electron chi connectivity index (χ2n) is 6.23. The zero-order valence-corrected chi connectivity index (χ0v) is 11.9. The van der Waals surface area contributed by atoms with Crippen LogP contribution in [0.3, 0.4) is 0 Å².